The molecule has 5 rings (SSSR count). The van der Waals surface area contributed by atoms with Crippen molar-refractivity contribution in [2.45, 2.75) is 40.3 Å². The van der Waals surface area contributed by atoms with Crippen molar-refractivity contribution in [2.24, 2.45) is 0 Å². The van der Waals surface area contributed by atoms with Crippen molar-refractivity contribution in [3.63, 3.8) is 0 Å². The second-order valence-electron chi connectivity index (χ2n) is 9.47. The molecule has 0 N–H and O–H groups in total. The van der Waals surface area contributed by atoms with Crippen molar-refractivity contribution >= 4 is 5.97 Å². The number of fused-ring (bicyclic) bond motifs is 3. The number of esters is 1. The third-order valence-electron chi connectivity index (χ3n) is 7.14. The van der Waals surface area contributed by atoms with E-state index in [9.17, 15) is 4.79 Å². The molecule has 0 bridgehead atoms. The van der Waals surface area contributed by atoms with E-state index in [0.29, 0.717) is 30.3 Å². The first-order chi connectivity index (χ1) is 18.4. The zero-order valence-electron chi connectivity index (χ0n) is 22.6. The summed E-state index contributed by atoms with van der Waals surface area (Å²) in [5, 5.41) is 0. The minimum Gasteiger partial charge on any atom is -0.493 e. The first-order valence-corrected chi connectivity index (χ1v) is 12.9. The van der Waals surface area contributed by atoms with E-state index in [1.54, 1.807) is 14.2 Å². The molecule has 2 heterocycles. The lowest BCUT2D eigenvalue weighted by Gasteiger charge is -2.23. The summed E-state index contributed by atoms with van der Waals surface area (Å²) in [6, 6.07) is 20.2. The molecule has 0 saturated carbocycles. The molecule has 3 aromatic carbocycles. The maximum atomic E-state index is 13.4. The highest BCUT2D eigenvalue weighted by molar-refractivity contribution is 6.05. The number of rotatable bonds is 8. The van der Waals surface area contributed by atoms with Gasteiger partial charge in [-0.2, -0.15) is 0 Å². The summed E-state index contributed by atoms with van der Waals surface area (Å²) >= 11 is 0. The maximum Gasteiger partial charge on any atom is 0.340 e. The highest BCUT2D eigenvalue weighted by Crippen LogP contribution is 2.45. The van der Waals surface area contributed by atoms with Crippen LogP contribution in [0.15, 0.2) is 60.7 Å². The van der Waals surface area contributed by atoms with Crippen molar-refractivity contribution in [1.29, 1.82) is 0 Å². The molecule has 0 atom stereocenters. The quantitative estimate of drug-likeness (QED) is 0.244. The van der Waals surface area contributed by atoms with E-state index >= 15 is 0 Å². The van der Waals surface area contributed by atoms with E-state index in [2.05, 4.69) is 42.7 Å². The fraction of sp³-hybridized carbons (Fsp3) is 0.281. The van der Waals surface area contributed by atoms with E-state index in [1.165, 1.54) is 5.56 Å². The molecular formula is C32H33NO5. The van der Waals surface area contributed by atoms with Crippen LogP contribution < -0.4 is 14.2 Å². The Morgan fingerprint density at radius 2 is 1.61 bits per heavy atom. The monoisotopic (exact) mass is 511 g/mol. The van der Waals surface area contributed by atoms with Gasteiger partial charge in [-0.15, -0.1) is 0 Å². The highest BCUT2D eigenvalue weighted by Gasteiger charge is 2.32. The van der Waals surface area contributed by atoms with Gasteiger partial charge in [0.1, 0.15) is 12.4 Å². The molecule has 1 aliphatic heterocycles. The summed E-state index contributed by atoms with van der Waals surface area (Å²) in [6.45, 7) is 7.52. The van der Waals surface area contributed by atoms with E-state index in [4.69, 9.17) is 18.9 Å². The topological polar surface area (TPSA) is 58.9 Å². The average Bonchev–Trinajstić information content (AvgIpc) is 3.25. The van der Waals surface area contributed by atoms with Crippen LogP contribution in [0.25, 0.3) is 22.4 Å². The zero-order chi connectivity index (χ0) is 26.8. The molecule has 196 valence electrons. The normalized spacial score (nSPS) is 11.9. The van der Waals surface area contributed by atoms with Crippen LogP contribution in [0.5, 0.6) is 17.2 Å². The van der Waals surface area contributed by atoms with E-state index < -0.39 is 0 Å². The fourth-order valence-corrected chi connectivity index (χ4v) is 5.20. The van der Waals surface area contributed by atoms with E-state index in [1.807, 2.05) is 43.3 Å². The summed E-state index contributed by atoms with van der Waals surface area (Å²) < 4.78 is 24.9. The van der Waals surface area contributed by atoms with Gasteiger partial charge in [0.25, 0.3) is 0 Å². The van der Waals surface area contributed by atoms with Crippen LogP contribution >= 0.6 is 0 Å². The Hall–Kier alpha value is -4.19. The van der Waals surface area contributed by atoms with Gasteiger partial charge in [0.2, 0.25) is 0 Å². The number of hydrogen-bond donors (Lipinski definition) is 0. The molecule has 0 aliphatic carbocycles. The van der Waals surface area contributed by atoms with Gasteiger partial charge in [-0.1, -0.05) is 42.0 Å². The van der Waals surface area contributed by atoms with Gasteiger partial charge in [-0.3, -0.25) is 0 Å². The lowest BCUT2D eigenvalue weighted by Crippen LogP contribution is -2.15. The Morgan fingerprint density at radius 1 is 0.921 bits per heavy atom. The predicted octanol–water partition coefficient (Wildman–Crippen LogP) is 6.77. The third-order valence-corrected chi connectivity index (χ3v) is 7.14. The summed E-state index contributed by atoms with van der Waals surface area (Å²) in [4.78, 5) is 13.4. The number of benzene rings is 3. The molecule has 0 spiro atoms. The van der Waals surface area contributed by atoms with Crippen LogP contribution in [-0.4, -0.2) is 31.4 Å². The average molecular weight is 512 g/mol. The number of carbonyl (C=O) groups excluding carboxylic acids is 1. The van der Waals surface area contributed by atoms with Crippen LogP contribution in [0, 0.1) is 13.8 Å². The number of aromatic nitrogens is 1. The van der Waals surface area contributed by atoms with Gasteiger partial charge in [0.05, 0.1) is 32.1 Å². The van der Waals surface area contributed by atoms with Crippen LogP contribution in [-0.2, 0) is 24.3 Å². The van der Waals surface area contributed by atoms with Crippen molar-refractivity contribution in [3.8, 4) is 39.6 Å². The van der Waals surface area contributed by atoms with Crippen molar-refractivity contribution in [1.82, 2.24) is 4.57 Å². The molecule has 1 aromatic heterocycles. The molecule has 0 radical (unpaired) electrons. The fourth-order valence-electron chi connectivity index (χ4n) is 5.20. The molecule has 0 amide bonds. The molecule has 0 saturated heterocycles. The van der Waals surface area contributed by atoms with Gasteiger partial charge in [-0.05, 0) is 68.1 Å². The molecule has 0 unspecified atom stereocenters. The van der Waals surface area contributed by atoms with Crippen molar-refractivity contribution in [3.05, 3.63) is 88.6 Å². The first-order valence-electron chi connectivity index (χ1n) is 12.9. The first kappa shape index (κ1) is 25.5. The minimum absolute atomic E-state index is 0.298. The summed E-state index contributed by atoms with van der Waals surface area (Å²) in [5.74, 6) is 1.75. The second kappa shape index (κ2) is 10.7. The molecule has 6 heteroatoms. The largest absolute Gasteiger partial charge is 0.493 e. The zero-order valence-corrected chi connectivity index (χ0v) is 22.6. The van der Waals surface area contributed by atoms with Crippen molar-refractivity contribution in [2.75, 3.05) is 20.8 Å². The Kier molecular flexibility index (Phi) is 7.14. The Balaban J connectivity index is 1.56. The number of methoxy groups -OCH3 is 2. The number of aryl methyl sites for hydroxylation is 2. The number of carbonyl (C=O) groups is 1. The van der Waals surface area contributed by atoms with Gasteiger partial charge in [-0.25, -0.2) is 4.79 Å². The standard InChI is InChI=1S/C32H33NO5/c1-6-37-32(34)30-29(23-11-13-25(14-12-23)38-19-22-9-7-20(2)8-10-22)21(3)33-16-15-24-17-27(35-4)28(36-5)18-26(24)31(30)33/h7-14,17-18H,6,15-16,19H2,1-5H3. The Morgan fingerprint density at radius 3 is 2.26 bits per heavy atom. The molecule has 4 aromatic rings. The van der Waals surface area contributed by atoms with Crippen LogP contribution in [0.2, 0.25) is 0 Å². The third kappa shape index (κ3) is 4.62. The minimum atomic E-state index is -0.332. The van der Waals surface area contributed by atoms with Crippen molar-refractivity contribution < 1.29 is 23.7 Å². The number of ether oxygens (including phenoxy) is 4. The Labute approximate surface area is 223 Å². The van der Waals surface area contributed by atoms with E-state index in [-0.39, 0.29) is 5.97 Å². The number of nitrogens with zero attached hydrogens (tertiary/aromatic N) is 1. The van der Waals surface area contributed by atoms with Gasteiger partial charge >= 0.3 is 5.97 Å². The van der Waals surface area contributed by atoms with Gasteiger partial charge in [0.15, 0.2) is 11.5 Å². The summed E-state index contributed by atoms with van der Waals surface area (Å²) in [5.41, 5.74) is 8.70. The summed E-state index contributed by atoms with van der Waals surface area (Å²) in [7, 11) is 3.26. The van der Waals surface area contributed by atoms with E-state index in [0.717, 1.165) is 57.9 Å². The lowest BCUT2D eigenvalue weighted by molar-refractivity contribution is 0.0528. The van der Waals surface area contributed by atoms with Crippen LogP contribution in [0.1, 0.15) is 39.7 Å². The molecular weight excluding hydrogens is 478 g/mol. The second-order valence-corrected chi connectivity index (χ2v) is 9.47. The van der Waals surface area contributed by atoms with Gasteiger partial charge in [0, 0.05) is 23.4 Å². The van der Waals surface area contributed by atoms with Gasteiger partial charge < -0.3 is 23.5 Å². The SMILES string of the molecule is CCOC(=O)c1c(-c2ccc(OCc3ccc(C)cc3)cc2)c(C)n2c1-c1cc(OC)c(OC)cc1CC2. The van der Waals surface area contributed by atoms with Crippen LogP contribution in [0.3, 0.4) is 0 Å². The Bertz CT molecular complexity index is 1470. The van der Waals surface area contributed by atoms with Crippen LogP contribution in [0.4, 0.5) is 0 Å². The maximum absolute atomic E-state index is 13.4. The summed E-state index contributed by atoms with van der Waals surface area (Å²) in [6.07, 6.45) is 0.825. The molecule has 1 aliphatic rings. The molecule has 0 fully saturated rings. The lowest BCUT2D eigenvalue weighted by atomic mass is 9.93. The predicted molar refractivity (Wildman–Crippen MR) is 148 cm³/mol. The molecule has 6 nitrogen and oxygen atoms in total. The highest BCUT2D eigenvalue weighted by atomic mass is 16.5. The smallest absolute Gasteiger partial charge is 0.340 e. The number of hydrogen-bond acceptors (Lipinski definition) is 5. The molecule has 38 heavy (non-hydrogen) atoms.